The predicted molar refractivity (Wildman–Crippen MR) is 45.7 cm³/mol. The lowest BCUT2D eigenvalue weighted by Crippen LogP contribution is -2.29. The second-order valence-electron chi connectivity index (χ2n) is 3.10. The number of hydrogen-bond donors (Lipinski definition) is 1. The number of allylic oxidation sites excluding steroid dienone is 1. The fourth-order valence-electron chi connectivity index (χ4n) is 1.57. The molecule has 0 saturated heterocycles. The zero-order chi connectivity index (χ0) is 9.42. The average Bonchev–Trinajstić information content (AvgIpc) is 2.59. The lowest BCUT2D eigenvalue weighted by molar-refractivity contribution is -0.136. The maximum atomic E-state index is 11.1. The Morgan fingerprint density at radius 2 is 2.38 bits per heavy atom. The van der Waals surface area contributed by atoms with Gasteiger partial charge < -0.3 is 14.8 Å². The van der Waals surface area contributed by atoms with Crippen LogP contribution in [0, 0.1) is 0 Å². The van der Waals surface area contributed by atoms with Crippen LogP contribution in [0.25, 0.3) is 0 Å². The zero-order valence-electron chi connectivity index (χ0n) is 7.53. The molecule has 70 valence electrons. The van der Waals surface area contributed by atoms with Crippen LogP contribution in [0.3, 0.4) is 0 Å². The summed E-state index contributed by atoms with van der Waals surface area (Å²) in [4.78, 5) is 11.1. The molecule has 2 heterocycles. The lowest BCUT2D eigenvalue weighted by Gasteiger charge is -2.08. The van der Waals surface area contributed by atoms with Crippen LogP contribution >= 0.6 is 0 Å². The van der Waals surface area contributed by atoms with Crippen LogP contribution in [-0.4, -0.2) is 25.2 Å². The molecule has 2 rings (SSSR count). The van der Waals surface area contributed by atoms with E-state index in [1.165, 1.54) is 7.11 Å². The Kier molecular flexibility index (Phi) is 1.76. The van der Waals surface area contributed by atoms with Crippen LogP contribution < -0.4 is 5.32 Å². The van der Waals surface area contributed by atoms with Gasteiger partial charge in [0.05, 0.1) is 18.9 Å². The number of esters is 1. The van der Waals surface area contributed by atoms with Crippen LogP contribution in [0.1, 0.15) is 6.92 Å². The van der Waals surface area contributed by atoms with E-state index in [1.807, 2.05) is 13.0 Å². The van der Waals surface area contributed by atoms with Gasteiger partial charge >= 0.3 is 5.97 Å². The molecule has 0 fully saturated rings. The Labute approximate surface area is 76.2 Å². The number of carbonyl (C=O) groups is 1. The van der Waals surface area contributed by atoms with Crippen LogP contribution in [0.5, 0.6) is 0 Å². The first-order valence-corrected chi connectivity index (χ1v) is 4.12. The molecule has 13 heavy (non-hydrogen) atoms. The number of hydrogen-bond acceptors (Lipinski definition) is 4. The molecule has 4 nitrogen and oxygen atoms in total. The van der Waals surface area contributed by atoms with E-state index < -0.39 is 0 Å². The molecule has 0 aromatic heterocycles. The normalized spacial score (nSPS) is 29.7. The maximum Gasteiger partial charge on any atom is 0.353 e. The Balaban J connectivity index is 2.09. The number of methoxy groups -OCH3 is 1. The van der Waals surface area contributed by atoms with Gasteiger partial charge in [-0.3, -0.25) is 0 Å². The van der Waals surface area contributed by atoms with Gasteiger partial charge in [-0.2, -0.15) is 0 Å². The van der Waals surface area contributed by atoms with Gasteiger partial charge in [0.25, 0.3) is 0 Å². The Bertz CT molecular complexity index is 306. The lowest BCUT2D eigenvalue weighted by atomic mass is 10.2. The smallest absolute Gasteiger partial charge is 0.353 e. The first-order valence-electron chi connectivity index (χ1n) is 4.12. The van der Waals surface area contributed by atoms with Gasteiger partial charge in [-0.15, -0.1) is 0 Å². The number of nitrogens with one attached hydrogen (secondary N) is 1. The Morgan fingerprint density at radius 3 is 3.00 bits per heavy atom. The molecule has 0 spiro atoms. The van der Waals surface area contributed by atoms with E-state index in [4.69, 9.17) is 4.74 Å². The molecule has 0 saturated carbocycles. The van der Waals surface area contributed by atoms with Crippen molar-refractivity contribution in [3.05, 3.63) is 23.6 Å². The van der Waals surface area contributed by atoms with Crippen molar-refractivity contribution in [2.45, 2.75) is 19.1 Å². The Hall–Kier alpha value is -1.45. The summed E-state index contributed by atoms with van der Waals surface area (Å²) < 4.78 is 10.0. The van der Waals surface area contributed by atoms with E-state index >= 15 is 0 Å². The summed E-state index contributed by atoms with van der Waals surface area (Å²) in [5.74, 6) is 0.548. The van der Waals surface area contributed by atoms with Crippen LogP contribution in [0.4, 0.5) is 0 Å². The average molecular weight is 181 g/mol. The third kappa shape index (κ3) is 1.28. The van der Waals surface area contributed by atoms with Crippen LogP contribution in [0.15, 0.2) is 23.6 Å². The van der Waals surface area contributed by atoms with Crippen molar-refractivity contribution in [1.29, 1.82) is 0 Å². The Morgan fingerprint density at radius 1 is 1.62 bits per heavy atom. The van der Waals surface area contributed by atoms with Crippen molar-refractivity contribution < 1.29 is 14.3 Å². The van der Waals surface area contributed by atoms with Gasteiger partial charge in [-0.1, -0.05) is 0 Å². The minimum Gasteiger partial charge on any atom is -0.489 e. The van der Waals surface area contributed by atoms with Gasteiger partial charge in [0.2, 0.25) is 0 Å². The largest absolute Gasteiger partial charge is 0.489 e. The van der Waals surface area contributed by atoms with Crippen molar-refractivity contribution in [1.82, 2.24) is 5.32 Å². The minimum atomic E-state index is -0.343. The third-order valence-electron chi connectivity index (χ3n) is 2.15. The third-order valence-corrected chi connectivity index (χ3v) is 2.15. The summed E-state index contributed by atoms with van der Waals surface area (Å²) in [6.45, 7) is 1.89. The minimum absolute atomic E-state index is 0.0471. The van der Waals surface area contributed by atoms with E-state index in [0.717, 1.165) is 5.76 Å². The van der Waals surface area contributed by atoms with Gasteiger partial charge in [0, 0.05) is 0 Å². The molecule has 0 aliphatic carbocycles. The zero-order valence-corrected chi connectivity index (χ0v) is 7.53. The SMILES string of the molecule is COC(=O)C1=CC2OC(C)=CC2N1. The second-order valence-corrected chi connectivity index (χ2v) is 3.10. The van der Waals surface area contributed by atoms with Crippen molar-refractivity contribution in [2.75, 3.05) is 7.11 Å². The fourth-order valence-corrected chi connectivity index (χ4v) is 1.57. The van der Waals surface area contributed by atoms with E-state index in [1.54, 1.807) is 6.08 Å². The molecule has 0 radical (unpaired) electrons. The van der Waals surface area contributed by atoms with E-state index in [0.29, 0.717) is 5.70 Å². The molecule has 0 amide bonds. The van der Waals surface area contributed by atoms with Crippen LogP contribution in [-0.2, 0) is 14.3 Å². The highest BCUT2D eigenvalue weighted by Crippen LogP contribution is 2.24. The summed E-state index contributed by atoms with van der Waals surface area (Å²) in [5, 5.41) is 3.02. The molecule has 2 atom stereocenters. The molecule has 0 bridgehead atoms. The first kappa shape index (κ1) is 8.16. The molecule has 2 aliphatic rings. The fraction of sp³-hybridized carbons (Fsp3) is 0.444. The van der Waals surface area contributed by atoms with Gasteiger partial charge in [-0.05, 0) is 19.1 Å². The number of fused-ring (bicyclic) bond motifs is 1. The molecule has 4 heteroatoms. The maximum absolute atomic E-state index is 11.1. The summed E-state index contributed by atoms with van der Waals surface area (Å²) in [7, 11) is 1.36. The topological polar surface area (TPSA) is 47.6 Å². The van der Waals surface area contributed by atoms with Crippen molar-refractivity contribution >= 4 is 5.97 Å². The molecule has 2 aliphatic heterocycles. The van der Waals surface area contributed by atoms with E-state index in [2.05, 4.69) is 10.1 Å². The number of carbonyl (C=O) groups excluding carboxylic acids is 1. The highest BCUT2D eigenvalue weighted by molar-refractivity contribution is 5.88. The predicted octanol–water partition coefficient (Wildman–Crippen LogP) is 0.318. The molecule has 1 N–H and O–H groups in total. The highest BCUT2D eigenvalue weighted by Gasteiger charge is 2.34. The van der Waals surface area contributed by atoms with Gasteiger partial charge in [-0.25, -0.2) is 4.79 Å². The molecule has 2 unspecified atom stereocenters. The van der Waals surface area contributed by atoms with E-state index in [-0.39, 0.29) is 18.1 Å². The molecular weight excluding hydrogens is 170 g/mol. The number of rotatable bonds is 1. The highest BCUT2D eigenvalue weighted by atomic mass is 16.5. The van der Waals surface area contributed by atoms with Crippen molar-refractivity contribution in [3.63, 3.8) is 0 Å². The van der Waals surface area contributed by atoms with Crippen molar-refractivity contribution in [2.24, 2.45) is 0 Å². The monoisotopic (exact) mass is 181 g/mol. The standard InChI is InChI=1S/C9H11NO3/c1-5-3-6-8(13-5)4-7(10-6)9(11)12-2/h3-4,6,8,10H,1-2H3. The molecular formula is C9H11NO3. The first-order chi connectivity index (χ1) is 6.20. The summed E-state index contributed by atoms with van der Waals surface area (Å²) in [6.07, 6.45) is 3.66. The van der Waals surface area contributed by atoms with Gasteiger partial charge in [0.1, 0.15) is 11.8 Å². The van der Waals surface area contributed by atoms with Crippen molar-refractivity contribution in [3.8, 4) is 0 Å². The van der Waals surface area contributed by atoms with E-state index in [9.17, 15) is 4.79 Å². The number of ether oxygens (including phenoxy) is 2. The molecule has 0 aromatic carbocycles. The summed E-state index contributed by atoms with van der Waals surface area (Å²) in [6, 6.07) is 0.0918. The summed E-state index contributed by atoms with van der Waals surface area (Å²) >= 11 is 0. The molecule has 0 aromatic rings. The van der Waals surface area contributed by atoms with Crippen LogP contribution in [0.2, 0.25) is 0 Å². The quantitative estimate of drug-likeness (QED) is 0.592. The van der Waals surface area contributed by atoms with Gasteiger partial charge in [0.15, 0.2) is 0 Å². The second kappa shape index (κ2) is 2.80. The summed E-state index contributed by atoms with van der Waals surface area (Å²) in [5.41, 5.74) is 0.487.